The molecule has 1 aromatic carbocycles. The molecule has 1 aromatic heterocycles. The first-order valence-corrected chi connectivity index (χ1v) is 5.48. The average molecular weight is 254 g/mol. The van der Waals surface area contributed by atoms with Gasteiger partial charge >= 0.3 is 0 Å². The monoisotopic (exact) mass is 253 g/mol. The Morgan fingerprint density at radius 2 is 1.85 bits per heavy atom. The molecule has 1 nitrogen and oxygen atoms in total. The van der Waals surface area contributed by atoms with Gasteiger partial charge in [0.2, 0.25) is 0 Å². The molecular weight excluding hydrogens is 246 g/mol. The Morgan fingerprint density at radius 1 is 1.15 bits per heavy atom. The molecule has 0 aliphatic rings. The van der Waals surface area contributed by atoms with Gasteiger partial charge in [-0.15, -0.1) is 11.3 Å². The molecule has 0 radical (unpaired) electrons. The van der Waals surface area contributed by atoms with Gasteiger partial charge in [0, 0.05) is 5.56 Å². The van der Waals surface area contributed by atoms with Crippen LogP contribution in [0, 0.1) is 0 Å². The largest absolute Gasteiger partial charge is 0.390 e. The van der Waals surface area contributed by atoms with E-state index in [2.05, 4.69) is 34.1 Å². The fraction of sp³-hybridized carbons (Fsp3) is 0. The van der Waals surface area contributed by atoms with E-state index in [1.54, 1.807) is 11.3 Å². The number of hydrogen-bond acceptors (Lipinski definition) is 2. The summed E-state index contributed by atoms with van der Waals surface area (Å²) in [6.07, 6.45) is 0. The smallest absolute Gasteiger partial charge is 0.0947 e. The summed E-state index contributed by atoms with van der Waals surface area (Å²) in [7, 11) is 0. The maximum atomic E-state index is 5.86. The standard InChI is InChI=1S/C10H8BrNS/c11-9-6-8(10(12)13-9)7-4-2-1-3-5-7/h1-6H,12H2. The molecule has 0 spiro atoms. The number of halogens is 1. The van der Waals surface area contributed by atoms with Gasteiger partial charge in [-0.2, -0.15) is 0 Å². The lowest BCUT2D eigenvalue weighted by molar-refractivity contribution is 1.67. The lowest BCUT2D eigenvalue weighted by Gasteiger charge is -1.97. The molecule has 0 unspecified atom stereocenters. The third-order valence-corrected chi connectivity index (χ3v) is 3.28. The Hall–Kier alpha value is -0.800. The van der Waals surface area contributed by atoms with E-state index < -0.39 is 0 Å². The molecule has 0 saturated carbocycles. The Bertz CT molecular complexity index is 408. The SMILES string of the molecule is Nc1sc(Br)cc1-c1ccccc1. The first kappa shape index (κ1) is 8.78. The van der Waals surface area contributed by atoms with Crippen LogP contribution in [0.1, 0.15) is 0 Å². The quantitative estimate of drug-likeness (QED) is 0.823. The molecule has 66 valence electrons. The molecule has 0 atom stereocenters. The number of benzene rings is 1. The van der Waals surface area contributed by atoms with Gasteiger partial charge in [-0.1, -0.05) is 30.3 Å². The predicted molar refractivity (Wildman–Crippen MR) is 61.9 cm³/mol. The van der Waals surface area contributed by atoms with Crippen LogP contribution < -0.4 is 5.73 Å². The van der Waals surface area contributed by atoms with Crippen molar-refractivity contribution in [1.29, 1.82) is 0 Å². The van der Waals surface area contributed by atoms with Crippen LogP contribution in [0.15, 0.2) is 40.2 Å². The van der Waals surface area contributed by atoms with E-state index in [1.807, 2.05) is 18.2 Å². The molecule has 1 heterocycles. The van der Waals surface area contributed by atoms with Crippen LogP contribution in [-0.2, 0) is 0 Å². The van der Waals surface area contributed by atoms with E-state index in [1.165, 1.54) is 5.56 Å². The number of nitrogens with two attached hydrogens (primary N) is 1. The molecule has 2 rings (SSSR count). The second-order valence-corrected chi connectivity index (χ2v) is 5.16. The van der Waals surface area contributed by atoms with E-state index in [0.717, 1.165) is 14.4 Å². The summed E-state index contributed by atoms with van der Waals surface area (Å²) >= 11 is 4.98. The van der Waals surface area contributed by atoms with E-state index >= 15 is 0 Å². The van der Waals surface area contributed by atoms with Gasteiger partial charge in [0.15, 0.2) is 0 Å². The summed E-state index contributed by atoms with van der Waals surface area (Å²) in [5, 5.41) is 0.859. The minimum absolute atomic E-state index is 0.859. The molecule has 0 aliphatic carbocycles. The van der Waals surface area contributed by atoms with Gasteiger partial charge in [0.05, 0.1) is 8.79 Å². The van der Waals surface area contributed by atoms with Crippen LogP contribution in [-0.4, -0.2) is 0 Å². The van der Waals surface area contributed by atoms with Crippen molar-refractivity contribution in [3.63, 3.8) is 0 Å². The van der Waals surface area contributed by atoms with E-state index in [-0.39, 0.29) is 0 Å². The van der Waals surface area contributed by atoms with Crippen molar-refractivity contribution >= 4 is 32.3 Å². The Kier molecular flexibility index (Phi) is 2.38. The first-order chi connectivity index (χ1) is 6.27. The molecular formula is C10H8BrNS. The van der Waals surface area contributed by atoms with Crippen molar-refractivity contribution < 1.29 is 0 Å². The summed E-state index contributed by atoms with van der Waals surface area (Å²) in [6.45, 7) is 0. The van der Waals surface area contributed by atoms with Crippen molar-refractivity contribution in [1.82, 2.24) is 0 Å². The lowest BCUT2D eigenvalue weighted by atomic mass is 10.1. The van der Waals surface area contributed by atoms with Crippen molar-refractivity contribution in [3.8, 4) is 11.1 Å². The van der Waals surface area contributed by atoms with Crippen LogP contribution in [0.3, 0.4) is 0 Å². The summed E-state index contributed by atoms with van der Waals surface area (Å²) in [5.74, 6) is 0. The molecule has 0 fully saturated rings. The van der Waals surface area contributed by atoms with Crippen molar-refractivity contribution in [2.24, 2.45) is 0 Å². The van der Waals surface area contributed by atoms with E-state index in [4.69, 9.17) is 5.73 Å². The van der Waals surface area contributed by atoms with E-state index in [9.17, 15) is 0 Å². The molecule has 13 heavy (non-hydrogen) atoms. The number of anilines is 1. The maximum Gasteiger partial charge on any atom is 0.0947 e. The zero-order chi connectivity index (χ0) is 9.26. The zero-order valence-electron chi connectivity index (χ0n) is 6.83. The summed E-state index contributed by atoms with van der Waals surface area (Å²) in [4.78, 5) is 0. The molecule has 0 saturated heterocycles. The van der Waals surface area contributed by atoms with Gasteiger partial charge in [0.25, 0.3) is 0 Å². The van der Waals surface area contributed by atoms with Gasteiger partial charge in [-0.25, -0.2) is 0 Å². The number of rotatable bonds is 1. The highest BCUT2D eigenvalue weighted by molar-refractivity contribution is 9.11. The fourth-order valence-electron chi connectivity index (χ4n) is 1.22. The molecule has 0 bridgehead atoms. The zero-order valence-corrected chi connectivity index (χ0v) is 9.23. The van der Waals surface area contributed by atoms with Crippen LogP contribution >= 0.6 is 27.3 Å². The number of thiophene rings is 1. The van der Waals surface area contributed by atoms with Crippen LogP contribution in [0.5, 0.6) is 0 Å². The molecule has 0 aliphatic heterocycles. The molecule has 0 amide bonds. The highest BCUT2D eigenvalue weighted by atomic mass is 79.9. The fourth-order valence-corrected chi connectivity index (χ4v) is 2.64. The number of hydrogen-bond donors (Lipinski definition) is 1. The number of nitrogen functional groups attached to an aromatic ring is 1. The topological polar surface area (TPSA) is 26.0 Å². The summed E-state index contributed by atoms with van der Waals surface area (Å²) < 4.78 is 1.07. The summed E-state index contributed by atoms with van der Waals surface area (Å²) in [6, 6.07) is 12.2. The Labute approximate surface area is 89.3 Å². The predicted octanol–water partition coefficient (Wildman–Crippen LogP) is 3.76. The Morgan fingerprint density at radius 3 is 2.38 bits per heavy atom. The minimum atomic E-state index is 0.859. The molecule has 3 heteroatoms. The van der Waals surface area contributed by atoms with Crippen molar-refractivity contribution in [2.75, 3.05) is 5.73 Å². The second-order valence-electron chi connectivity index (χ2n) is 2.69. The third kappa shape index (κ3) is 1.76. The van der Waals surface area contributed by atoms with Gasteiger partial charge < -0.3 is 5.73 Å². The minimum Gasteiger partial charge on any atom is -0.390 e. The second kappa shape index (κ2) is 3.52. The van der Waals surface area contributed by atoms with E-state index in [0.29, 0.717) is 0 Å². The van der Waals surface area contributed by atoms with Crippen molar-refractivity contribution in [2.45, 2.75) is 0 Å². The molecule has 2 aromatic rings. The first-order valence-electron chi connectivity index (χ1n) is 3.87. The molecule has 2 N–H and O–H groups in total. The highest BCUT2D eigenvalue weighted by Crippen LogP contribution is 2.36. The van der Waals surface area contributed by atoms with Gasteiger partial charge in [0.1, 0.15) is 0 Å². The van der Waals surface area contributed by atoms with Crippen LogP contribution in [0.25, 0.3) is 11.1 Å². The summed E-state index contributed by atoms with van der Waals surface area (Å²) in [5.41, 5.74) is 8.14. The van der Waals surface area contributed by atoms with Gasteiger partial charge in [-0.05, 0) is 27.6 Å². The van der Waals surface area contributed by atoms with Crippen LogP contribution in [0.4, 0.5) is 5.00 Å². The highest BCUT2D eigenvalue weighted by Gasteiger charge is 2.05. The van der Waals surface area contributed by atoms with Gasteiger partial charge in [-0.3, -0.25) is 0 Å². The van der Waals surface area contributed by atoms with Crippen molar-refractivity contribution in [3.05, 3.63) is 40.2 Å². The average Bonchev–Trinajstić information content (AvgIpc) is 2.47. The lowest BCUT2D eigenvalue weighted by Crippen LogP contribution is -1.82. The Balaban J connectivity index is 2.53. The third-order valence-electron chi connectivity index (χ3n) is 1.82. The maximum absolute atomic E-state index is 5.86. The van der Waals surface area contributed by atoms with Crippen LogP contribution in [0.2, 0.25) is 0 Å². The normalized spacial score (nSPS) is 10.2.